The van der Waals surface area contributed by atoms with Gasteiger partial charge in [-0.25, -0.2) is 9.18 Å². The summed E-state index contributed by atoms with van der Waals surface area (Å²) in [5.41, 5.74) is 0.764. The van der Waals surface area contributed by atoms with E-state index >= 15 is 0 Å². The van der Waals surface area contributed by atoms with Gasteiger partial charge in [0, 0.05) is 36.9 Å². The van der Waals surface area contributed by atoms with Gasteiger partial charge in [0.25, 0.3) is 5.91 Å². The zero-order valence-corrected chi connectivity index (χ0v) is 16.1. The predicted octanol–water partition coefficient (Wildman–Crippen LogP) is 2.99. The zero-order valence-electron chi connectivity index (χ0n) is 15.4. The van der Waals surface area contributed by atoms with E-state index in [4.69, 9.17) is 21.1 Å². The molecular weight excluding hydrogens is 387 g/mol. The molecule has 0 atom stereocenters. The van der Waals surface area contributed by atoms with Gasteiger partial charge in [-0.2, -0.15) is 0 Å². The van der Waals surface area contributed by atoms with Crippen molar-refractivity contribution in [1.29, 1.82) is 0 Å². The topological polar surface area (TPSA) is 59.1 Å². The zero-order chi connectivity index (χ0) is 20.1. The van der Waals surface area contributed by atoms with Crippen molar-refractivity contribution in [2.24, 2.45) is 0 Å². The minimum absolute atomic E-state index is 0.217. The Morgan fingerprint density at radius 1 is 1.07 bits per heavy atom. The first-order valence-corrected chi connectivity index (χ1v) is 9.14. The van der Waals surface area contributed by atoms with Gasteiger partial charge >= 0.3 is 5.97 Å². The molecule has 1 aliphatic heterocycles. The van der Waals surface area contributed by atoms with E-state index in [1.807, 2.05) is 24.3 Å². The van der Waals surface area contributed by atoms with Crippen molar-refractivity contribution in [3.05, 3.63) is 58.9 Å². The van der Waals surface area contributed by atoms with Crippen LogP contribution in [-0.4, -0.2) is 56.7 Å². The summed E-state index contributed by atoms with van der Waals surface area (Å²) in [4.78, 5) is 28.1. The fourth-order valence-electron chi connectivity index (χ4n) is 2.96. The number of esters is 1. The van der Waals surface area contributed by atoms with Crippen LogP contribution in [0, 0.1) is 5.82 Å². The van der Waals surface area contributed by atoms with Gasteiger partial charge in [0.05, 0.1) is 12.7 Å². The number of hydrogen-bond acceptors (Lipinski definition) is 5. The number of rotatable bonds is 5. The lowest BCUT2D eigenvalue weighted by Crippen LogP contribution is -2.49. The highest BCUT2D eigenvalue weighted by atomic mass is 35.5. The minimum Gasteiger partial charge on any atom is -0.497 e. The number of methoxy groups -OCH3 is 1. The van der Waals surface area contributed by atoms with Gasteiger partial charge < -0.3 is 19.3 Å². The summed E-state index contributed by atoms with van der Waals surface area (Å²) < 4.78 is 23.8. The summed E-state index contributed by atoms with van der Waals surface area (Å²) in [6, 6.07) is 11.3. The number of ether oxygens (including phenoxy) is 2. The van der Waals surface area contributed by atoms with Crippen molar-refractivity contribution in [1.82, 2.24) is 4.90 Å². The number of carbonyl (C=O) groups excluding carboxylic acids is 2. The van der Waals surface area contributed by atoms with E-state index in [-0.39, 0.29) is 16.5 Å². The summed E-state index contributed by atoms with van der Waals surface area (Å²) in [5, 5.41) is 0.217. The van der Waals surface area contributed by atoms with Crippen molar-refractivity contribution >= 4 is 29.2 Å². The van der Waals surface area contributed by atoms with Crippen LogP contribution in [0.3, 0.4) is 0 Å². The molecule has 1 saturated heterocycles. The van der Waals surface area contributed by atoms with Crippen molar-refractivity contribution in [2.75, 3.05) is 44.8 Å². The number of piperazine rings is 1. The Kier molecular flexibility index (Phi) is 6.36. The SMILES string of the molecule is COc1ccc(N2CCN(C(=O)COC(=O)c3cc(Cl)ccc3F)CC2)cc1. The largest absolute Gasteiger partial charge is 0.497 e. The van der Waals surface area contributed by atoms with E-state index in [2.05, 4.69) is 4.90 Å². The lowest BCUT2D eigenvalue weighted by atomic mass is 10.2. The van der Waals surface area contributed by atoms with E-state index in [0.717, 1.165) is 17.5 Å². The van der Waals surface area contributed by atoms with E-state index in [9.17, 15) is 14.0 Å². The van der Waals surface area contributed by atoms with E-state index < -0.39 is 18.4 Å². The quantitative estimate of drug-likeness (QED) is 0.714. The second-order valence-electron chi connectivity index (χ2n) is 6.27. The van der Waals surface area contributed by atoms with Gasteiger partial charge in [-0.15, -0.1) is 0 Å². The maximum atomic E-state index is 13.7. The van der Waals surface area contributed by atoms with Crippen molar-refractivity contribution in [2.45, 2.75) is 0 Å². The molecule has 6 nitrogen and oxygen atoms in total. The van der Waals surface area contributed by atoms with Gasteiger partial charge in [-0.1, -0.05) is 11.6 Å². The van der Waals surface area contributed by atoms with Crippen molar-refractivity contribution < 1.29 is 23.5 Å². The normalized spacial score (nSPS) is 14.0. The summed E-state index contributed by atoms with van der Waals surface area (Å²) in [6.07, 6.45) is 0. The first-order chi connectivity index (χ1) is 13.5. The van der Waals surface area contributed by atoms with Crippen LogP contribution in [0.1, 0.15) is 10.4 Å². The first kappa shape index (κ1) is 19.9. The number of hydrogen-bond donors (Lipinski definition) is 0. The van der Waals surface area contributed by atoms with Gasteiger partial charge in [-0.3, -0.25) is 4.79 Å². The molecule has 1 fully saturated rings. The standard InChI is InChI=1S/C20H20ClFN2O4/c1-27-16-5-3-15(4-6-16)23-8-10-24(11-9-23)19(25)13-28-20(26)17-12-14(21)2-7-18(17)22/h2-7,12H,8-11,13H2,1H3. The second kappa shape index (κ2) is 8.93. The monoisotopic (exact) mass is 406 g/mol. The van der Waals surface area contributed by atoms with E-state index in [0.29, 0.717) is 26.2 Å². The van der Waals surface area contributed by atoms with Crippen LogP contribution in [0.5, 0.6) is 5.75 Å². The Hall–Kier alpha value is -2.80. The third-order valence-corrected chi connectivity index (χ3v) is 4.78. The van der Waals surface area contributed by atoms with Crippen LogP contribution in [0.25, 0.3) is 0 Å². The van der Waals surface area contributed by atoms with E-state index in [1.165, 1.54) is 12.1 Å². The maximum absolute atomic E-state index is 13.7. The van der Waals surface area contributed by atoms with Crippen LogP contribution < -0.4 is 9.64 Å². The van der Waals surface area contributed by atoms with E-state index in [1.54, 1.807) is 12.0 Å². The molecule has 148 valence electrons. The van der Waals surface area contributed by atoms with Crippen molar-refractivity contribution in [3.8, 4) is 5.75 Å². The molecule has 8 heteroatoms. The number of halogens is 2. The molecule has 28 heavy (non-hydrogen) atoms. The summed E-state index contributed by atoms with van der Waals surface area (Å²) >= 11 is 5.77. The average molecular weight is 407 g/mol. The highest BCUT2D eigenvalue weighted by molar-refractivity contribution is 6.30. The molecule has 0 bridgehead atoms. The molecule has 3 rings (SSSR count). The summed E-state index contributed by atoms with van der Waals surface area (Å²) in [7, 11) is 1.62. The lowest BCUT2D eigenvalue weighted by molar-refractivity contribution is -0.134. The third kappa shape index (κ3) is 4.72. The lowest BCUT2D eigenvalue weighted by Gasteiger charge is -2.36. The van der Waals surface area contributed by atoms with Crippen LogP contribution in [0.4, 0.5) is 10.1 Å². The molecule has 0 aromatic heterocycles. The average Bonchev–Trinajstić information content (AvgIpc) is 2.73. The smallest absolute Gasteiger partial charge is 0.341 e. The fourth-order valence-corrected chi connectivity index (χ4v) is 3.13. The predicted molar refractivity (Wildman–Crippen MR) is 103 cm³/mol. The van der Waals surface area contributed by atoms with Crippen LogP contribution in [0.2, 0.25) is 5.02 Å². The molecule has 1 aliphatic rings. The number of amides is 1. The molecule has 2 aromatic carbocycles. The molecule has 1 amide bonds. The van der Waals surface area contributed by atoms with Gasteiger partial charge in [-0.05, 0) is 42.5 Å². The van der Waals surface area contributed by atoms with Crippen molar-refractivity contribution in [3.63, 3.8) is 0 Å². The Labute approximate surface area is 167 Å². The number of benzene rings is 2. The first-order valence-electron chi connectivity index (χ1n) is 8.77. The number of anilines is 1. The molecule has 0 saturated carbocycles. The van der Waals surface area contributed by atoms with Crippen LogP contribution in [0.15, 0.2) is 42.5 Å². The molecule has 0 aliphatic carbocycles. The Morgan fingerprint density at radius 2 is 1.75 bits per heavy atom. The third-order valence-electron chi connectivity index (χ3n) is 4.55. The molecular formula is C20H20ClFN2O4. The Bertz CT molecular complexity index is 852. The Balaban J connectivity index is 1.49. The van der Waals surface area contributed by atoms with Gasteiger partial charge in [0.2, 0.25) is 0 Å². The maximum Gasteiger partial charge on any atom is 0.341 e. The highest BCUT2D eigenvalue weighted by Gasteiger charge is 2.23. The fraction of sp³-hybridized carbons (Fsp3) is 0.300. The molecule has 2 aromatic rings. The summed E-state index contributed by atoms with van der Waals surface area (Å²) in [5.74, 6) is -1.18. The molecule has 0 N–H and O–H groups in total. The molecule has 0 unspecified atom stereocenters. The number of carbonyl (C=O) groups is 2. The molecule has 0 radical (unpaired) electrons. The highest BCUT2D eigenvalue weighted by Crippen LogP contribution is 2.20. The van der Waals surface area contributed by atoms with Gasteiger partial charge in [0.1, 0.15) is 11.6 Å². The van der Waals surface area contributed by atoms with Crippen LogP contribution in [-0.2, 0) is 9.53 Å². The number of nitrogens with zero attached hydrogens (tertiary/aromatic N) is 2. The molecule has 1 heterocycles. The minimum atomic E-state index is -0.912. The Morgan fingerprint density at radius 3 is 2.39 bits per heavy atom. The summed E-state index contributed by atoms with van der Waals surface area (Å²) in [6.45, 7) is 1.90. The van der Waals surface area contributed by atoms with Gasteiger partial charge in [0.15, 0.2) is 6.61 Å². The molecule has 0 spiro atoms. The van der Waals surface area contributed by atoms with Crippen LogP contribution >= 0.6 is 11.6 Å². The second-order valence-corrected chi connectivity index (χ2v) is 6.70.